The van der Waals surface area contributed by atoms with Crippen LogP contribution in [0.15, 0.2) is 27.8 Å². The van der Waals surface area contributed by atoms with Crippen molar-refractivity contribution in [2.45, 2.75) is 118 Å². The summed E-state index contributed by atoms with van der Waals surface area (Å²) in [7, 11) is 0. The standard InChI is InChI=1S/C36H55N3O7/c1-18(31(45)46)13-23(40)21(17-39-32(37)38)19(2)22-14-28(44)36(6)30-24(41)15-26-33(3,29(30)25(42)16-34(22,36)4)12-11-27(43)35(26,5)20-9-7-8-10-20/h13,19-24,26,28,40-41,44H,7-12,14-17H2,1-6H3,(H,45,46)(H4,37,38,39). The van der Waals surface area contributed by atoms with E-state index in [4.69, 9.17) is 11.5 Å². The smallest absolute Gasteiger partial charge is 0.331 e. The molecule has 256 valence electrons. The third-order valence-corrected chi connectivity index (χ3v) is 14.3. The van der Waals surface area contributed by atoms with Crippen molar-refractivity contribution >= 4 is 23.5 Å². The number of aliphatic carboxylic acids is 1. The average Bonchev–Trinajstić information content (AvgIpc) is 3.58. The Bertz CT molecular complexity index is 1380. The van der Waals surface area contributed by atoms with Crippen LogP contribution >= 0.6 is 0 Å². The molecule has 0 aromatic carbocycles. The zero-order valence-corrected chi connectivity index (χ0v) is 28.4. The van der Waals surface area contributed by atoms with Crippen molar-refractivity contribution in [3.05, 3.63) is 22.8 Å². The van der Waals surface area contributed by atoms with Gasteiger partial charge >= 0.3 is 5.97 Å². The highest BCUT2D eigenvalue weighted by atomic mass is 16.4. The number of ketones is 2. The van der Waals surface area contributed by atoms with Gasteiger partial charge in [-0.1, -0.05) is 47.5 Å². The van der Waals surface area contributed by atoms with Gasteiger partial charge in [0.15, 0.2) is 11.7 Å². The Balaban J connectivity index is 1.59. The number of carbonyl (C=O) groups is 3. The molecule has 0 radical (unpaired) electrons. The van der Waals surface area contributed by atoms with E-state index in [0.29, 0.717) is 36.8 Å². The molecule has 3 fully saturated rings. The number of Topliss-reactive ketones (excluding diaryl/α,β-unsaturated/α-hetero) is 2. The Morgan fingerprint density at radius 1 is 1.09 bits per heavy atom. The van der Waals surface area contributed by atoms with Gasteiger partial charge in [0, 0.05) is 52.7 Å². The van der Waals surface area contributed by atoms with E-state index >= 15 is 0 Å². The van der Waals surface area contributed by atoms with Gasteiger partial charge in [0.1, 0.15) is 5.78 Å². The van der Waals surface area contributed by atoms with Gasteiger partial charge in [0.05, 0.1) is 18.3 Å². The van der Waals surface area contributed by atoms with E-state index in [0.717, 1.165) is 25.7 Å². The number of carboxylic acids is 1. The van der Waals surface area contributed by atoms with Gasteiger partial charge in [-0.25, -0.2) is 4.79 Å². The van der Waals surface area contributed by atoms with E-state index < -0.39 is 51.9 Å². The van der Waals surface area contributed by atoms with Crippen LogP contribution in [0.5, 0.6) is 0 Å². The number of guanidine groups is 1. The van der Waals surface area contributed by atoms with E-state index in [1.165, 1.54) is 13.0 Å². The van der Waals surface area contributed by atoms with Gasteiger partial charge in [0.2, 0.25) is 0 Å². The number of aliphatic hydroxyl groups excluding tert-OH is 3. The summed E-state index contributed by atoms with van der Waals surface area (Å²) in [6.45, 7) is 11.6. The maximum atomic E-state index is 14.6. The second kappa shape index (κ2) is 11.8. The van der Waals surface area contributed by atoms with Gasteiger partial charge in [-0.3, -0.25) is 14.6 Å². The van der Waals surface area contributed by atoms with Gasteiger partial charge in [0.25, 0.3) is 0 Å². The number of hydrogen-bond donors (Lipinski definition) is 6. The van der Waals surface area contributed by atoms with Crippen molar-refractivity contribution in [2.24, 2.45) is 67.7 Å². The maximum Gasteiger partial charge on any atom is 0.331 e. The quantitative estimate of drug-likeness (QED) is 0.131. The molecule has 0 bridgehead atoms. The molecule has 3 saturated carbocycles. The van der Waals surface area contributed by atoms with Crippen LogP contribution in [0.25, 0.3) is 0 Å². The summed E-state index contributed by atoms with van der Waals surface area (Å²) in [5.41, 5.74) is 9.66. The molecule has 5 aliphatic rings. The summed E-state index contributed by atoms with van der Waals surface area (Å²) in [5.74, 6) is -2.22. The Morgan fingerprint density at radius 2 is 1.72 bits per heavy atom. The molecule has 5 aliphatic carbocycles. The minimum Gasteiger partial charge on any atom is -0.478 e. The highest BCUT2D eigenvalue weighted by molar-refractivity contribution is 6.01. The lowest BCUT2D eigenvalue weighted by atomic mass is 9.41. The molecule has 0 aliphatic heterocycles. The van der Waals surface area contributed by atoms with Gasteiger partial charge in [-0.05, 0) is 79.8 Å². The molecular formula is C36H55N3O7. The SMILES string of the molecule is CC(=CC(O)C(CN=C(N)N)C(C)C1CC(O)C2(C)C3=C(C(=O)CC12C)C1(C)CCC(=O)C(C)(C2CCCC2)C1CC3O)C(=O)O. The molecular weight excluding hydrogens is 586 g/mol. The molecule has 0 spiro atoms. The van der Waals surface area contributed by atoms with E-state index in [9.17, 15) is 34.8 Å². The second-order valence-electron chi connectivity index (χ2n) is 16.2. The van der Waals surface area contributed by atoms with Crippen LogP contribution in [0.3, 0.4) is 0 Å². The molecule has 5 rings (SSSR count). The fourth-order valence-electron chi connectivity index (χ4n) is 11.5. The van der Waals surface area contributed by atoms with Crippen molar-refractivity contribution in [2.75, 3.05) is 6.54 Å². The third kappa shape index (κ3) is 4.91. The van der Waals surface area contributed by atoms with E-state index in [2.05, 4.69) is 18.8 Å². The van der Waals surface area contributed by atoms with Crippen molar-refractivity contribution < 1.29 is 34.8 Å². The third-order valence-electron chi connectivity index (χ3n) is 14.3. The molecule has 0 saturated heterocycles. The van der Waals surface area contributed by atoms with Gasteiger partial charge < -0.3 is 31.9 Å². The normalized spacial score (nSPS) is 41.8. The molecule has 8 N–H and O–H groups in total. The summed E-state index contributed by atoms with van der Waals surface area (Å²) in [5, 5.41) is 44.9. The van der Waals surface area contributed by atoms with Gasteiger partial charge in [-0.15, -0.1) is 0 Å². The van der Waals surface area contributed by atoms with Crippen molar-refractivity contribution in [3.8, 4) is 0 Å². The summed E-state index contributed by atoms with van der Waals surface area (Å²) in [6.07, 6.45) is 4.27. The van der Waals surface area contributed by atoms with Crippen LogP contribution in [0.1, 0.15) is 99.3 Å². The Morgan fingerprint density at radius 3 is 2.30 bits per heavy atom. The van der Waals surface area contributed by atoms with Crippen LogP contribution in [-0.4, -0.2) is 68.8 Å². The molecule has 0 amide bonds. The largest absolute Gasteiger partial charge is 0.478 e. The Kier molecular flexibility index (Phi) is 8.95. The van der Waals surface area contributed by atoms with E-state index in [1.807, 2.05) is 20.8 Å². The summed E-state index contributed by atoms with van der Waals surface area (Å²) in [6, 6.07) is 0. The lowest BCUT2D eigenvalue weighted by molar-refractivity contribution is -0.154. The first-order valence-corrected chi connectivity index (χ1v) is 17.2. The minimum absolute atomic E-state index is 0.0109. The first-order chi connectivity index (χ1) is 21.3. The van der Waals surface area contributed by atoms with Crippen LogP contribution in [-0.2, 0) is 14.4 Å². The minimum atomic E-state index is -1.19. The highest BCUT2D eigenvalue weighted by Crippen LogP contribution is 2.72. The van der Waals surface area contributed by atoms with Crippen LogP contribution in [0.4, 0.5) is 0 Å². The number of allylic oxidation sites excluding steroid dienone is 1. The van der Waals surface area contributed by atoms with Crippen molar-refractivity contribution in [3.63, 3.8) is 0 Å². The highest BCUT2D eigenvalue weighted by Gasteiger charge is 2.71. The van der Waals surface area contributed by atoms with Crippen molar-refractivity contribution in [1.29, 1.82) is 0 Å². The molecule has 0 aromatic heterocycles. The van der Waals surface area contributed by atoms with E-state index in [-0.39, 0.29) is 59.7 Å². The fraction of sp³-hybridized carbons (Fsp3) is 0.778. The van der Waals surface area contributed by atoms with E-state index in [1.54, 1.807) is 0 Å². The Hall–Kier alpha value is -2.56. The number of aliphatic imine (C=N–C) groups is 1. The molecule has 0 aromatic rings. The second-order valence-corrected chi connectivity index (χ2v) is 16.2. The number of carboxylic acid groups (broad SMARTS) is 1. The number of hydrogen-bond acceptors (Lipinski definition) is 7. The van der Waals surface area contributed by atoms with Gasteiger partial charge in [-0.2, -0.15) is 0 Å². The summed E-state index contributed by atoms with van der Waals surface area (Å²) in [4.78, 5) is 44.1. The molecule has 10 nitrogen and oxygen atoms in total. The zero-order valence-electron chi connectivity index (χ0n) is 28.4. The topological polar surface area (TPSA) is 197 Å². The number of rotatable bonds is 8. The fourth-order valence-corrected chi connectivity index (χ4v) is 11.5. The zero-order chi connectivity index (χ0) is 34.1. The monoisotopic (exact) mass is 641 g/mol. The Labute approximate surface area is 272 Å². The molecule has 11 unspecified atom stereocenters. The number of nitrogens with two attached hydrogens (primary N) is 2. The molecule has 11 atom stereocenters. The predicted molar refractivity (Wildman–Crippen MR) is 174 cm³/mol. The molecule has 0 heterocycles. The predicted octanol–water partition coefficient (Wildman–Crippen LogP) is 3.51. The number of carbonyl (C=O) groups excluding carboxylic acids is 2. The first-order valence-electron chi connectivity index (χ1n) is 17.2. The average molecular weight is 642 g/mol. The first kappa shape index (κ1) is 34.8. The maximum absolute atomic E-state index is 14.6. The lowest BCUT2D eigenvalue weighted by Crippen LogP contribution is -2.62. The van der Waals surface area contributed by atoms with Crippen LogP contribution in [0.2, 0.25) is 0 Å². The molecule has 46 heavy (non-hydrogen) atoms. The number of aliphatic hydroxyl groups is 3. The molecule has 10 heteroatoms. The lowest BCUT2D eigenvalue weighted by Gasteiger charge is -2.62. The van der Waals surface area contributed by atoms with Crippen LogP contribution < -0.4 is 11.5 Å². The summed E-state index contributed by atoms with van der Waals surface area (Å²) < 4.78 is 0. The van der Waals surface area contributed by atoms with Crippen molar-refractivity contribution in [1.82, 2.24) is 0 Å². The number of fused-ring (bicyclic) bond motifs is 4. The number of nitrogens with zero attached hydrogens (tertiary/aromatic N) is 1. The van der Waals surface area contributed by atoms with Crippen LogP contribution in [0, 0.1) is 51.2 Å². The summed E-state index contributed by atoms with van der Waals surface area (Å²) >= 11 is 0.